The number of carbonyl (C=O) groups excluding carboxylic acids is 1. The lowest BCUT2D eigenvalue weighted by atomic mass is 10.00. The maximum Gasteiger partial charge on any atom is 0.362 e. The third kappa shape index (κ3) is 4.18. The molecule has 0 radical (unpaired) electrons. The van der Waals surface area contributed by atoms with Gasteiger partial charge in [0, 0.05) is 17.3 Å². The first-order chi connectivity index (χ1) is 17.0. The summed E-state index contributed by atoms with van der Waals surface area (Å²) in [4.78, 5) is 42.5. The molecule has 1 N–H and O–H groups in total. The van der Waals surface area contributed by atoms with E-state index in [0.29, 0.717) is 16.5 Å². The van der Waals surface area contributed by atoms with Crippen LogP contribution in [-0.4, -0.2) is 17.1 Å². The molecule has 5 rings (SSSR count). The molecule has 0 bridgehead atoms. The first-order valence-electron chi connectivity index (χ1n) is 10.6. The van der Waals surface area contributed by atoms with Gasteiger partial charge in [-0.3, -0.25) is 4.79 Å². The van der Waals surface area contributed by atoms with Crippen molar-refractivity contribution in [1.29, 1.82) is 0 Å². The summed E-state index contributed by atoms with van der Waals surface area (Å²) in [5.74, 6) is -0.801. The van der Waals surface area contributed by atoms with Crippen LogP contribution in [0.1, 0.15) is 15.9 Å². The van der Waals surface area contributed by atoms with Crippen LogP contribution in [-0.2, 0) is 0 Å². The predicted molar refractivity (Wildman–Crippen MR) is 133 cm³/mol. The number of aliphatic imine (C=N–C) groups is 1. The summed E-state index contributed by atoms with van der Waals surface area (Å²) in [6, 6.07) is 24.8. The van der Waals surface area contributed by atoms with Crippen LogP contribution < -0.4 is 11.3 Å². The average Bonchev–Trinajstić information content (AvgIpc) is 2.90. The van der Waals surface area contributed by atoms with Crippen LogP contribution in [0.3, 0.4) is 0 Å². The first-order valence-corrected chi connectivity index (χ1v) is 10.6. The minimum absolute atomic E-state index is 0.0302. The molecule has 170 valence electrons. The van der Waals surface area contributed by atoms with Gasteiger partial charge >= 0.3 is 11.3 Å². The molecule has 0 amide bonds. The third-order valence-electron chi connectivity index (χ3n) is 5.40. The van der Waals surface area contributed by atoms with Crippen molar-refractivity contribution in [3.05, 3.63) is 129 Å². The molecule has 7 heteroatoms. The summed E-state index contributed by atoms with van der Waals surface area (Å²) in [7, 11) is 0. The van der Waals surface area contributed by atoms with E-state index >= 15 is 0 Å². The molecule has 0 saturated carbocycles. The van der Waals surface area contributed by atoms with E-state index in [4.69, 9.17) is 8.83 Å². The SMILES string of the molecule is O=C(C(C=Nc1cc2c(=O)oc3ccccc3c2oc1=O)=C(O)c1ccccc1)c1ccccc1. The molecule has 5 aromatic rings. The van der Waals surface area contributed by atoms with E-state index in [9.17, 15) is 19.5 Å². The molecule has 2 heterocycles. The monoisotopic (exact) mass is 463 g/mol. The number of fused-ring (bicyclic) bond motifs is 3. The Balaban J connectivity index is 1.66. The molecular formula is C28H17NO6. The zero-order chi connectivity index (χ0) is 24.4. The highest BCUT2D eigenvalue weighted by atomic mass is 16.4. The van der Waals surface area contributed by atoms with Gasteiger partial charge in [-0.05, 0) is 18.2 Å². The second-order valence-electron chi connectivity index (χ2n) is 7.63. The Morgan fingerprint density at radius 2 is 1.37 bits per heavy atom. The zero-order valence-corrected chi connectivity index (χ0v) is 18.2. The first kappa shape index (κ1) is 21.8. The van der Waals surface area contributed by atoms with E-state index in [-0.39, 0.29) is 33.6 Å². The lowest BCUT2D eigenvalue weighted by molar-refractivity contribution is 0.104. The molecule has 0 fully saturated rings. The Hall–Kier alpha value is -5.04. The molecule has 0 saturated heterocycles. The van der Waals surface area contributed by atoms with Crippen molar-refractivity contribution >= 4 is 45.4 Å². The zero-order valence-electron chi connectivity index (χ0n) is 18.2. The minimum Gasteiger partial charge on any atom is -0.506 e. The number of carbonyl (C=O) groups is 1. The normalized spacial score (nSPS) is 12.2. The number of aliphatic hydroxyl groups is 1. The van der Waals surface area contributed by atoms with Crippen LogP contribution in [0.25, 0.3) is 27.7 Å². The van der Waals surface area contributed by atoms with Crippen LogP contribution in [0.15, 0.2) is 120 Å². The summed E-state index contributed by atoms with van der Waals surface area (Å²) in [6.07, 6.45) is 1.10. The van der Waals surface area contributed by atoms with E-state index in [0.717, 1.165) is 6.21 Å². The average molecular weight is 463 g/mol. The summed E-state index contributed by atoms with van der Waals surface area (Å²) in [5.41, 5.74) is -0.756. The standard InChI is InChI=1S/C28H17NO6/c30-24(17-9-3-1-4-10-17)21(25(31)18-11-5-2-6-12-18)16-29-22-15-20-26(35-28(22)33)19-13-7-8-14-23(19)34-27(20)32/h1-16,30H. The van der Waals surface area contributed by atoms with Crippen LogP contribution >= 0.6 is 0 Å². The van der Waals surface area contributed by atoms with E-state index in [1.54, 1.807) is 84.9 Å². The van der Waals surface area contributed by atoms with Crippen LogP contribution in [0.4, 0.5) is 5.69 Å². The van der Waals surface area contributed by atoms with Crippen LogP contribution in [0.2, 0.25) is 0 Å². The highest BCUT2D eigenvalue weighted by Crippen LogP contribution is 2.24. The van der Waals surface area contributed by atoms with Gasteiger partial charge in [0.25, 0.3) is 0 Å². The largest absolute Gasteiger partial charge is 0.506 e. The quantitative estimate of drug-likeness (QED) is 0.0926. The van der Waals surface area contributed by atoms with E-state index in [1.807, 2.05) is 0 Å². The van der Waals surface area contributed by atoms with Crippen molar-refractivity contribution in [2.24, 2.45) is 4.99 Å². The van der Waals surface area contributed by atoms with Crippen molar-refractivity contribution in [3.63, 3.8) is 0 Å². The number of para-hydroxylation sites is 1. The van der Waals surface area contributed by atoms with E-state index in [2.05, 4.69) is 4.99 Å². The van der Waals surface area contributed by atoms with Gasteiger partial charge in [-0.25, -0.2) is 14.6 Å². The molecule has 35 heavy (non-hydrogen) atoms. The molecule has 7 nitrogen and oxygen atoms in total. The lowest BCUT2D eigenvalue weighted by Gasteiger charge is -2.07. The molecule has 0 spiro atoms. The van der Waals surface area contributed by atoms with Crippen LogP contribution in [0, 0.1) is 0 Å². The summed E-state index contributed by atoms with van der Waals surface area (Å²) in [5, 5.41) is 11.4. The fourth-order valence-corrected chi connectivity index (χ4v) is 3.66. The summed E-state index contributed by atoms with van der Waals surface area (Å²) in [6.45, 7) is 0. The molecule has 3 aromatic carbocycles. The molecule has 0 aliphatic heterocycles. The molecule has 0 atom stereocenters. The highest BCUT2D eigenvalue weighted by molar-refractivity contribution is 6.25. The van der Waals surface area contributed by atoms with Crippen molar-refractivity contribution < 1.29 is 18.7 Å². The summed E-state index contributed by atoms with van der Waals surface area (Å²) >= 11 is 0. The molecule has 2 aromatic heterocycles. The molecule has 0 aliphatic rings. The van der Waals surface area contributed by atoms with Crippen molar-refractivity contribution in [3.8, 4) is 0 Å². The number of allylic oxidation sites excluding steroid dienone is 1. The number of hydrogen-bond donors (Lipinski definition) is 1. The fourth-order valence-electron chi connectivity index (χ4n) is 3.66. The third-order valence-corrected chi connectivity index (χ3v) is 5.40. The number of aliphatic hydroxyl groups excluding tert-OH is 1. The minimum atomic E-state index is -0.810. The summed E-state index contributed by atoms with van der Waals surface area (Å²) < 4.78 is 10.7. The Bertz CT molecular complexity index is 1750. The molecular weight excluding hydrogens is 446 g/mol. The van der Waals surface area contributed by atoms with Crippen LogP contribution in [0.5, 0.6) is 0 Å². The Morgan fingerprint density at radius 3 is 2.09 bits per heavy atom. The van der Waals surface area contributed by atoms with Gasteiger partial charge in [-0.2, -0.15) is 0 Å². The van der Waals surface area contributed by atoms with Gasteiger partial charge in [0.15, 0.2) is 11.4 Å². The fraction of sp³-hybridized carbons (Fsp3) is 0. The highest BCUT2D eigenvalue weighted by Gasteiger charge is 2.18. The van der Waals surface area contributed by atoms with Gasteiger partial charge in [0.1, 0.15) is 22.4 Å². The van der Waals surface area contributed by atoms with E-state index in [1.165, 1.54) is 6.07 Å². The Morgan fingerprint density at radius 1 is 0.743 bits per heavy atom. The van der Waals surface area contributed by atoms with Gasteiger partial charge in [-0.15, -0.1) is 0 Å². The Kier molecular flexibility index (Phi) is 5.65. The van der Waals surface area contributed by atoms with Gasteiger partial charge in [-0.1, -0.05) is 72.8 Å². The van der Waals surface area contributed by atoms with Crippen molar-refractivity contribution in [2.75, 3.05) is 0 Å². The maximum atomic E-state index is 13.2. The topological polar surface area (TPSA) is 110 Å². The predicted octanol–water partition coefficient (Wildman–Crippen LogP) is 5.45. The van der Waals surface area contributed by atoms with Gasteiger partial charge < -0.3 is 13.9 Å². The second-order valence-corrected chi connectivity index (χ2v) is 7.63. The smallest absolute Gasteiger partial charge is 0.362 e. The number of hydrogen-bond acceptors (Lipinski definition) is 7. The van der Waals surface area contributed by atoms with Gasteiger partial charge in [0.05, 0.1) is 11.0 Å². The number of nitrogens with zero attached hydrogens (tertiary/aromatic N) is 1. The second kappa shape index (κ2) is 9.07. The van der Waals surface area contributed by atoms with Crippen molar-refractivity contribution in [1.82, 2.24) is 0 Å². The van der Waals surface area contributed by atoms with Gasteiger partial charge in [0.2, 0.25) is 0 Å². The molecule has 0 aliphatic carbocycles. The number of benzene rings is 3. The maximum absolute atomic E-state index is 13.2. The van der Waals surface area contributed by atoms with E-state index < -0.39 is 17.0 Å². The number of Topliss-reactive ketones (excluding diaryl/α,β-unsaturated/α-hetero) is 1. The molecule has 0 unspecified atom stereocenters. The lowest BCUT2D eigenvalue weighted by Crippen LogP contribution is -2.09. The number of rotatable bonds is 5. The van der Waals surface area contributed by atoms with Crippen molar-refractivity contribution in [2.45, 2.75) is 0 Å². The number of ketones is 1. The Labute approximate surface area is 197 Å².